The molecule has 0 saturated carbocycles. The van der Waals surface area contributed by atoms with Crippen LogP contribution in [0.3, 0.4) is 0 Å². The van der Waals surface area contributed by atoms with Crippen LogP contribution < -0.4 is 0 Å². The first-order chi connectivity index (χ1) is 4.39. The Balaban J connectivity index is 0. The third-order valence-corrected chi connectivity index (χ3v) is 1.58. The van der Waals surface area contributed by atoms with Crippen LogP contribution in [0.5, 0.6) is 0 Å². The molecule has 64 valence electrons. The zero-order valence-corrected chi connectivity index (χ0v) is 6.98. The molecule has 1 nitrogen and oxygen atoms in total. The van der Waals surface area contributed by atoms with Gasteiger partial charge in [0, 0.05) is 0 Å². The van der Waals surface area contributed by atoms with Gasteiger partial charge in [0.15, 0.2) is 0 Å². The summed E-state index contributed by atoms with van der Waals surface area (Å²) >= 11 is 0. The molecule has 0 unspecified atom stereocenters. The summed E-state index contributed by atoms with van der Waals surface area (Å²) in [5.74, 6) is 0. The van der Waals surface area contributed by atoms with E-state index in [4.69, 9.17) is 0 Å². The quantitative estimate of drug-likeness (QED) is 0.506. The molecule has 1 heterocycles. The van der Waals surface area contributed by atoms with Gasteiger partial charge < -0.3 is 4.90 Å². The normalized spacial score (nSPS) is 18.3. The van der Waals surface area contributed by atoms with E-state index in [-0.39, 0.29) is 7.43 Å². The fraction of sp³-hybridized carbons (Fsp3) is 1.00. The molecule has 1 heteroatoms. The number of likely N-dealkylation sites (tertiary alicyclic amines) is 1. The molecule has 0 spiro atoms. The molecular weight excluding hydrogens is 122 g/mol. The average Bonchev–Trinajstić information content (AvgIpc) is 1.94. The average molecular weight is 145 g/mol. The van der Waals surface area contributed by atoms with Crippen molar-refractivity contribution in [2.45, 2.75) is 40.5 Å². The van der Waals surface area contributed by atoms with Crippen LogP contribution in [0.15, 0.2) is 0 Å². The van der Waals surface area contributed by atoms with Crippen LogP contribution in [0.25, 0.3) is 0 Å². The van der Waals surface area contributed by atoms with Crippen LogP contribution in [0.4, 0.5) is 0 Å². The lowest BCUT2D eigenvalue weighted by Crippen LogP contribution is -2.24. The molecule has 0 radical (unpaired) electrons. The smallest absolute Gasteiger partial charge is 0.00218 e. The van der Waals surface area contributed by atoms with Crippen molar-refractivity contribution in [3.63, 3.8) is 0 Å². The van der Waals surface area contributed by atoms with E-state index < -0.39 is 0 Å². The van der Waals surface area contributed by atoms with Crippen LogP contribution in [0.2, 0.25) is 0 Å². The molecule has 0 aliphatic carbocycles. The molecule has 10 heavy (non-hydrogen) atoms. The predicted octanol–water partition coefficient (Wildman–Crippen LogP) is 2.76. The molecule has 1 saturated heterocycles. The Bertz CT molecular complexity index is 46.7. The van der Waals surface area contributed by atoms with Gasteiger partial charge >= 0.3 is 0 Å². The number of hydrogen-bond acceptors (Lipinski definition) is 1. The van der Waals surface area contributed by atoms with Gasteiger partial charge in [0.1, 0.15) is 0 Å². The molecule has 1 rings (SSSR count). The van der Waals surface area contributed by atoms with Gasteiger partial charge in [0.2, 0.25) is 0 Å². The zero-order chi connectivity index (χ0) is 7.11. The van der Waals surface area contributed by atoms with Gasteiger partial charge in [-0.2, -0.15) is 0 Å². The molecule has 0 aromatic heterocycles. The monoisotopic (exact) mass is 145 g/mol. The zero-order valence-electron chi connectivity index (χ0n) is 6.98. The number of piperidine rings is 1. The van der Waals surface area contributed by atoms with Gasteiger partial charge in [0.05, 0.1) is 0 Å². The number of nitrogens with zero attached hydrogens (tertiary/aromatic N) is 1. The van der Waals surface area contributed by atoms with Gasteiger partial charge in [-0.05, 0) is 33.0 Å². The van der Waals surface area contributed by atoms with E-state index in [9.17, 15) is 0 Å². The standard InChI is InChI=1S/C6H13N.C2H6.CH4/c1-7-5-3-2-4-6-7;1-2;/h2-6H2,1H3;1-2H3;1H4. The molecule has 1 fully saturated rings. The summed E-state index contributed by atoms with van der Waals surface area (Å²) in [4.78, 5) is 2.39. The maximum absolute atomic E-state index is 2.39. The lowest BCUT2D eigenvalue weighted by molar-refractivity contribution is 0.277. The fourth-order valence-electron chi connectivity index (χ4n) is 1.05. The highest BCUT2D eigenvalue weighted by Crippen LogP contribution is 2.04. The Morgan fingerprint density at radius 1 is 0.900 bits per heavy atom. The Morgan fingerprint density at radius 2 is 1.30 bits per heavy atom. The van der Waals surface area contributed by atoms with Crippen molar-refractivity contribution < 1.29 is 0 Å². The summed E-state index contributed by atoms with van der Waals surface area (Å²) in [6.07, 6.45) is 4.28. The molecule has 0 N–H and O–H groups in total. The fourth-order valence-corrected chi connectivity index (χ4v) is 1.05. The summed E-state index contributed by atoms with van der Waals surface area (Å²) in [5.41, 5.74) is 0. The number of hydrogen-bond donors (Lipinski definition) is 0. The van der Waals surface area contributed by atoms with Gasteiger partial charge in [-0.25, -0.2) is 0 Å². The van der Waals surface area contributed by atoms with Crippen LogP contribution in [0, 0.1) is 0 Å². The third-order valence-electron chi connectivity index (χ3n) is 1.58. The summed E-state index contributed by atoms with van der Waals surface area (Å²) < 4.78 is 0. The van der Waals surface area contributed by atoms with Crippen LogP contribution >= 0.6 is 0 Å². The van der Waals surface area contributed by atoms with E-state index in [2.05, 4.69) is 11.9 Å². The van der Waals surface area contributed by atoms with E-state index in [1.807, 2.05) is 13.8 Å². The lowest BCUT2D eigenvalue weighted by atomic mass is 10.1. The van der Waals surface area contributed by atoms with Crippen molar-refractivity contribution in [3.05, 3.63) is 0 Å². The first-order valence-corrected chi connectivity index (χ1v) is 4.08. The van der Waals surface area contributed by atoms with Gasteiger partial charge in [0.25, 0.3) is 0 Å². The van der Waals surface area contributed by atoms with E-state index in [0.29, 0.717) is 0 Å². The van der Waals surface area contributed by atoms with Crippen molar-refractivity contribution in [2.75, 3.05) is 20.1 Å². The van der Waals surface area contributed by atoms with Crippen LogP contribution in [-0.4, -0.2) is 25.0 Å². The minimum atomic E-state index is 0. The highest BCUT2D eigenvalue weighted by molar-refractivity contribution is 4.58. The molecule has 1 aliphatic rings. The summed E-state index contributed by atoms with van der Waals surface area (Å²) in [5, 5.41) is 0. The van der Waals surface area contributed by atoms with Crippen LogP contribution in [0.1, 0.15) is 40.5 Å². The van der Waals surface area contributed by atoms with Crippen LogP contribution in [-0.2, 0) is 0 Å². The van der Waals surface area contributed by atoms with E-state index in [0.717, 1.165) is 0 Å². The van der Waals surface area contributed by atoms with Crippen molar-refractivity contribution in [1.82, 2.24) is 4.90 Å². The molecule has 0 amide bonds. The second-order valence-corrected chi connectivity index (χ2v) is 2.36. The van der Waals surface area contributed by atoms with E-state index in [1.54, 1.807) is 0 Å². The maximum Gasteiger partial charge on any atom is -0.00218 e. The summed E-state index contributed by atoms with van der Waals surface area (Å²) in [6, 6.07) is 0. The van der Waals surface area contributed by atoms with Gasteiger partial charge in [-0.3, -0.25) is 0 Å². The highest BCUT2D eigenvalue weighted by atomic mass is 15.1. The van der Waals surface area contributed by atoms with Crippen molar-refractivity contribution in [3.8, 4) is 0 Å². The summed E-state index contributed by atoms with van der Waals surface area (Å²) in [6.45, 7) is 6.64. The minimum Gasteiger partial charge on any atom is -0.306 e. The molecule has 1 aliphatic heterocycles. The second-order valence-electron chi connectivity index (χ2n) is 2.36. The predicted molar refractivity (Wildman–Crippen MR) is 49.4 cm³/mol. The number of rotatable bonds is 0. The Kier molecular flexibility index (Phi) is 11.3. The van der Waals surface area contributed by atoms with E-state index in [1.165, 1.54) is 32.4 Å². The SMILES string of the molecule is C.CC.CN1CCCCC1. The molecule has 0 aromatic carbocycles. The molecule has 0 bridgehead atoms. The first kappa shape index (κ1) is 12.6. The highest BCUT2D eigenvalue weighted by Gasteiger charge is 2.02. The van der Waals surface area contributed by atoms with E-state index >= 15 is 0 Å². The van der Waals surface area contributed by atoms with Crippen molar-refractivity contribution >= 4 is 0 Å². The Morgan fingerprint density at radius 3 is 1.50 bits per heavy atom. The van der Waals surface area contributed by atoms with Crippen molar-refractivity contribution in [2.24, 2.45) is 0 Å². The topological polar surface area (TPSA) is 3.24 Å². The Hall–Kier alpha value is -0.0400. The summed E-state index contributed by atoms with van der Waals surface area (Å²) in [7, 11) is 2.19. The molecule has 0 atom stereocenters. The lowest BCUT2D eigenvalue weighted by Gasteiger charge is -2.20. The van der Waals surface area contributed by atoms with Crippen molar-refractivity contribution in [1.29, 1.82) is 0 Å². The van der Waals surface area contributed by atoms with Gasteiger partial charge in [-0.1, -0.05) is 27.7 Å². The Labute approximate surface area is 66.4 Å². The van der Waals surface area contributed by atoms with Gasteiger partial charge in [-0.15, -0.1) is 0 Å². The minimum absolute atomic E-state index is 0. The maximum atomic E-state index is 2.39. The molecular formula is C9H23N. The largest absolute Gasteiger partial charge is 0.306 e. The second kappa shape index (κ2) is 8.96. The first-order valence-electron chi connectivity index (χ1n) is 4.08. The molecule has 0 aromatic rings. The third kappa shape index (κ3) is 6.09.